The van der Waals surface area contributed by atoms with E-state index < -0.39 is 12.0 Å². The van der Waals surface area contributed by atoms with Crippen LogP contribution in [-0.2, 0) is 4.79 Å². The van der Waals surface area contributed by atoms with Gasteiger partial charge in [-0.15, -0.1) is 11.8 Å². The van der Waals surface area contributed by atoms with Crippen molar-refractivity contribution in [3.05, 3.63) is 47.8 Å². The minimum atomic E-state index is -0.950. The Hall–Kier alpha value is -2.28. The quantitative estimate of drug-likeness (QED) is 0.724. The number of carbonyl (C=O) groups excluding carboxylic acids is 1. The zero-order chi connectivity index (χ0) is 18.5. The number of amides is 1. The van der Waals surface area contributed by atoms with Gasteiger partial charge in [-0.3, -0.25) is 14.3 Å². The van der Waals surface area contributed by atoms with E-state index in [-0.39, 0.29) is 18.4 Å². The third-order valence-corrected chi connectivity index (χ3v) is 5.52. The number of aliphatic carboxylic acids is 1. The molecular formula is C19H23N3O3S. The molecule has 1 atom stereocenters. The van der Waals surface area contributed by atoms with Crippen LogP contribution in [0.1, 0.15) is 60.2 Å². The Kier molecular flexibility index (Phi) is 5.98. The molecule has 1 aliphatic carbocycles. The minimum absolute atomic E-state index is 0.165. The summed E-state index contributed by atoms with van der Waals surface area (Å²) in [7, 11) is 0. The highest BCUT2D eigenvalue weighted by Gasteiger charge is 2.25. The summed E-state index contributed by atoms with van der Waals surface area (Å²) in [6, 6.07) is 8.98. The Labute approximate surface area is 157 Å². The Morgan fingerprint density at radius 2 is 1.96 bits per heavy atom. The molecule has 1 aliphatic rings. The molecule has 2 N–H and O–H groups in total. The van der Waals surface area contributed by atoms with Gasteiger partial charge in [0.2, 0.25) is 0 Å². The molecule has 138 valence electrons. The topological polar surface area (TPSA) is 84.2 Å². The molecule has 0 saturated heterocycles. The molecule has 0 spiro atoms. The summed E-state index contributed by atoms with van der Waals surface area (Å²) < 4.78 is 1.79. The van der Waals surface area contributed by atoms with E-state index in [0.717, 1.165) is 36.1 Å². The predicted molar refractivity (Wildman–Crippen MR) is 100 cm³/mol. The molecule has 1 amide bonds. The fourth-order valence-corrected chi connectivity index (χ4v) is 3.84. The molecule has 1 saturated carbocycles. The molecule has 0 bridgehead atoms. The van der Waals surface area contributed by atoms with Gasteiger partial charge in [-0.05, 0) is 42.9 Å². The van der Waals surface area contributed by atoms with Gasteiger partial charge < -0.3 is 10.4 Å². The highest BCUT2D eigenvalue weighted by atomic mass is 32.2. The van der Waals surface area contributed by atoms with Crippen LogP contribution in [0, 0.1) is 0 Å². The van der Waals surface area contributed by atoms with Crippen LogP contribution >= 0.6 is 11.8 Å². The van der Waals surface area contributed by atoms with Gasteiger partial charge in [-0.1, -0.05) is 25.0 Å². The molecule has 1 heterocycles. The summed E-state index contributed by atoms with van der Waals surface area (Å²) in [6.07, 6.45) is 7.79. The van der Waals surface area contributed by atoms with Gasteiger partial charge in [0, 0.05) is 11.1 Å². The van der Waals surface area contributed by atoms with Crippen molar-refractivity contribution in [2.75, 3.05) is 6.26 Å². The number of hydrogen-bond donors (Lipinski definition) is 2. The van der Waals surface area contributed by atoms with Crippen LogP contribution in [0.2, 0.25) is 0 Å². The standard InChI is InChI=1S/C19H23N3O3S/c1-26-15-8-6-13(7-9-15)16(12-18(23)24)21-19(25)17-10-11-20-22(17)14-4-2-3-5-14/h6-11,14,16H,2-5,12H2,1H3,(H,21,25)(H,23,24). The van der Waals surface area contributed by atoms with Gasteiger partial charge in [0.05, 0.1) is 18.5 Å². The van der Waals surface area contributed by atoms with Gasteiger partial charge in [-0.2, -0.15) is 5.10 Å². The first-order chi connectivity index (χ1) is 12.6. The van der Waals surface area contributed by atoms with Gasteiger partial charge in [-0.25, -0.2) is 0 Å². The molecule has 6 nitrogen and oxygen atoms in total. The van der Waals surface area contributed by atoms with E-state index in [1.54, 1.807) is 28.7 Å². The summed E-state index contributed by atoms with van der Waals surface area (Å²) in [5.74, 6) is -1.23. The van der Waals surface area contributed by atoms with E-state index in [4.69, 9.17) is 0 Å². The van der Waals surface area contributed by atoms with Crippen molar-refractivity contribution < 1.29 is 14.7 Å². The van der Waals surface area contributed by atoms with Crippen LogP contribution in [0.3, 0.4) is 0 Å². The number of aromatic nitrogens is 2. The third kappa shape index (κ3) is 4.27. The van der Waals surface area contributed by atoms with E-state index in [0.29, 0.717) is 5.69 Å². The van der Waals surface area contributed by atoms with Crippen LogP contribution in [0.25, 0.3) is 0 Å². The third-order valence-electron chi connectivity index (χ3n) is 4.78. The molecule has 1 aromatic carbocycles. The first kappa shape index (κ1) is 18.5. The lowest BCUT2D eigenvalue weighted by molar-refractivity contribution is -0.137. The van der Waals surface area contributed by atoms with E-state index in [2.05, 4.69) is 10.4 Å². The molecule has 1 unspecified atom stereocenters. The Morgan fingerprint density at radius 1 is 1.27 bits per heavy atom. The van der Waals surface area contributed by atoms with E-state index >= 15 is 0 Å². The lowest BCUT2D eigenvalue weighted by atomic mass is 10.0. The van der Waals surface area contributed by atoms with Crippen molar-refractivity contribution in [1.82, 2.24) is 15.1 Å². The summed E-state index contributed by atoms with van der Waals surface area (Å²) in [5.41, 5.74) is 1.28. The summed E-state index contributed by atoms with van der Waals surface area (Å²) >= 11 is 1.62. The average Bonchev–Trinajstić information content (AvgIpc) is 3.31. The van der Waals surface area contributed by atoms with Crippen molar-refractivity contribution in [3.8, 4) is 0 Å². The molecule has 7 heteroatoms. The maximum atomic E-state index is 12.8. The lowest BCUT2D eigenvalue weighted by Gasteiger charge is -2.19. The van der Waals surface area contributed by atoms with Crippen molar-refractivity contribution in [2.24, 2.45) is 0 Å². The normalized spacial score (nSPS) is 15.7. The zero-order valence-corrected chi connectivity index (χ0v) is 15.5. The molecule has 0 radical (unpaired) electrons. The summed E-state index contributed by atoms with van der Waals surface area (Å²) in [4.78, 5) is 25.2. The molecular weight excluding hydrogens is 350 g/mol. The van der Waals surface area contributed by atoms with Gasteiger partial charge >= 0.3 is 5.97 Å². The second kappa shape index (κ2) is 8.40. The molecule has 0 aliphatic heterocycles. The minimum Gasteiger partial charge on any atom is -0.481 e. The number of carbonyl (C=O) groups is 2. The average molecular weight is 373 g/mol. The molecule has 2 aromatic rings. The first-order valence-electron chi connectivity index (χ1n) is 8.78. The summed E-state index contributed by atoms with van der Waals surface area (Å²) in [5, 5.41) is 16.4. The van der Waals surface area contributed by atoms with Gasteiger partial charge in [0.15, 0.2) is 0 Å². The molecule has 1 fully saturated rings. The van der Waals surface area contributed by atoms with Crippen molar-refractivity contribution >= 4 is 23.6 Å². The van der Waals surface area contributed by atoms with Crippen LogP contribution in [0.5, 0.6) is 0 Å². The van der Waals surface area contributed by atoms with Gasteiger partial charge in [0.25, 0.3) is 5.91 Å². The SMILES string of the molecule is CSc1ccc(C(CC(=O)O)NC(=O)c2ccnn2C2CCCC2)cc1. The number of rotatable bonds is 7. The van der Waals surface area contributed by atoms with Crippen molar-refractivity contribution in [2.45, 2.75) is 49.1 Å². The number of thioether (sulfide) groups is 1. The number of hydrogen-bond acceptors (Lipinski definition) is 4. The number of benzene rings is 1. The largest absolute Gasteiger partial charge is 0.481 e. The second-order valence-corrected chi connectivity index (χ2v) is 7.38. The van der Waals surface area contributed by atoms with Crippen LogP contribution in [0.15, 0.2) is 41.4 Å². The van der Waals surface area contributed by atoms with Gasteiger partial charge in [0.1, 0.15) is 5.69 Å². The first-order valence-corrected chi connectivity index (χ1v) is 10.0. The number of nitrogens with zero attached hydrogens (tertiary/aromatic N) is 2. The van der Waals surface area contributed by atoms with Crippen molar-refractivity contribution in [1.29, 1.82) is 0 Å². The second-order valence-electron chi connectivity index (χ2n) is 6.50. The zero-order valence-electron chi connectivity index (χ0n) is 14.7. The number of carboxylic acids is 1. The van der Waals surface area contributed by atoms with E-state index in [9.17, 15) is 14.7 Å². The maximum Gasteiger partial charge on any atom is 0.305 e. The smallest absolute Gasteiger partial charge is 0.305 e. The fraction of sp³-hybridized carbons (Fsp3) is 0.421. The van der Waals surface area contributed by atoms with Crippen molar-refractivity contribution in [3.63, 3.8) is 0 Å². The van der Waals surface area contributed by atoms with Crippen LogP contribution in [0.4, 0.5) is 0 Å². The Balaban J connectivity index is 1.79. The summed E-state index contributed by atoms with van der Waals surface area (Å²) in [6.45, 7) is 0. The fourth-order valence-electron chi connectivity index (χ4n) is 3.43. The van der Waals surface area contributed by atoms with Crippen LogP contribution < -0.4 is 5.32 Å². The molecule has 3 rings (SSSR count). The number of nitrogens with one attached hydrogen (secondary N) is 1. The molecule has 1 aromatic heterocycles. The Bertz CT molecular complexity index is 767. The highest BCUT2D eigenvalue weighted by molar-refractivity contribution is 7.98. The number of carboxylic acid groups (broad SMARTS) is 1. The van der Waals surface area contributed by atoms with E-state index in [1.165, 1.54) is 0 Å². The maximum absolute atomic E-state index is 12.8. The lowest BCUT2D eigenvalue weighted by Crippen LogP contribution is -2.32. The van der Waals surface area contributed by atoms with E-state index in [1.807, 2.05) is 30.5 Å². The predicted octanol–water partition coefficient (Wildman–Crippen LogP) is 3.67. The monoisotopic (exact) mass is 373 g/mol. The van der Waals surface area contributed by atoms with Crippen LogP contribution in [-0.4, -0.2) is 33.0 Å². The Morgan fingerprint density at radius 3 is 2.58 bits per heavy atom. The highest BCUT2D eigenvalue weighted by Crippen LogP contribution is 2.30. The molecule has 26 heavy (non-hydrogen) atoms.